The normalized spacial score (nSPS) is 14.6. The van der Waals surface area contributed by atoms with Crippen LogP contribution in [0.25, 0.3) is 0 Å². The van der Waals surface area contributed by atoms with E-state index in [0.717, 1.165) is 0 Å². The molecule has 4 unspecified atom stereocenters. The second-order valence-electron chi connectivity index (χ2n) is 6.78. The third kappa shape index (κ3) is 11.8. The lowest BCUT2D eigenvalue weighted by atomic mass is 10.1. The van der Waals surface area contributed by atoms with E-state index in [9.17, 15) is 24.0 Å². The Hall–Kier alpha value is -2.03. The van der Waals surface area contributed by atoms with Crippen LogP contribution in [0.1, 0.15) is 32.1 Å². The fourth-order valence-electron chi connectivity index (χ4n) is 2.39. The highest BCUT2D eigenvalue weighted by molar-refractivity contribution is 7.80. The number of nitrogens with two attached hydrogens (primary N) is 3. The average Bonchev–Trinajstić information content (AvgIpc) is 2.72. The van der Waals surface area contributed by atoms with Crippen molar-refractivity contribution in [3.05, 3.63) is 0 Å². The maximum Gasteiger partial charge on any atom is 0.327 e. The molecule has 0 fully saturated rings. The van der Waals surface area contributed by atoms with Gasteiger partial charge in [0.05, 0.1) is 6.04 Å². The fourth-order valence-corrected chi connectivity index (χ4v) is 2.90. The number of aliphatic carboxylic acids is 1. The molecule has 0 heterocycles. The average molecular weight is 481 g/mol. The van der Waals surface area contributed by atoms with Crippen LogP contribution < -0.4 is 33.2 Å². The van der Waals surface area contributed by atoms with Crippen LogP contribution in [-0.4, -0.2) is 76.9 Å². The minimum Gasteiger partial charge on any atom is -0.480 e. The molecule has 178 valence electrons. The molecule has 14 heteroatoms. The first-order valence-corrected chi connectivity index (χ1v) is 10.9. The van der Waals surface area contributed by atoms with Crippen molar-refractivity contribution in [2.24, 2.45) is 17.2 Å². The number of rotatable bonds is 16. The summed E-state index contributed by atoms with van der Waals surface area (Å²) in [6.07, 6.45) is 1.22. The molecule has 10 N–H and O–H groups in total. The summed E-state index contributed by atoms with van der Waals surface area (Å²) in [4.78, 5) is 59.2. The summed E-state index contributed by atoms with van der Waals surface area (Å²) in [5.74, 6) is -4.18. The maximum atomic E-state index is 12.6. The van der Waals surface area contributed by atoms with E-state index in [1.54, 1.807) is 0 Å². The minimum atomic E-state index is -1.26. The van der Waals surface area contributed by atoms with Gasteiger partial charge in [-0.05, 0) is 32.2 Å². The van der Waals surface area contributed by atoms with E-state index in [1.165, 1.54) is 0 Å². The standard InChI is InChI=1S/C17H32N6O6S2/c18-6-2-1-3-10(15(26)23-12(8-31)17(28)29)21-16(27)11(7-30)22-14(25)9(19)4-5-13(20)24/h9-12,30-31H,1-8,18-19H2,(H2,20,24)(H,21,27)(H,22,25)(H,23,26)(H,28,29). The van der Waals surface area contributed by atoms with E-state index < -0.39 is 53.8 Å². The molecule has 0 aromatic rings. The summed E-state index contributed by atoms with van der Waals surface area (Å²) in [6.45, 7) is 0.384. The van der Waals surface area contributed by atoms with Crippen molar-refractivity contribution in [2.75, 3.05) is 18.1 Å². The fraction of sp³-hybridized carbons (Fsp3) is 0.706. The smallest absolute Gasteiger partial charge is 0.327 e. The number of hydrogen-bond donors (Lipinski definition) is 9. The van der Waals surface area contributed by atoms with E-state index in [-0.39, 0.29) is 30.8 Å². The summed E-state index contributed by atoms with van der Waals surface area (Å²) in [7, 11) is 0. The van der Waals surface area contributed by atoms with Gasteiger partial charge < -0.3 is 38.3 Å². The van der Waals surface area contributed by atoms with Crippen molar-refractivity contribution in [3.8, 4) is 0 Å². The molecule has 0 saturated carbocycles. The predicted molar refractivity (Wildman–Crippen MR) is 120 cm³/mol. The van der Waals surface area contributed by atoms with Gasteiger partial charge in [-0.1, -0.05) is 0 Å². The number of nitrogens with one attached hydrogen (secondary N) is 3. The van der Waals surface area contributed by atoms with Crippen molar-refractivity contribution in [3.63, 3.8) is 0 Å². The van der Waals surface area contributed by atoms with Gasteiger partial charge in [-0.2, -0.15) is 25.3 Å². The van der Waals surface area contributed by atoms with E-state index in [0.29, 0.717) is 19.4 Å². The molecule has 0 saturated heterocycles. The van der Waals surface area contributed by atoms with Crippen LogP contribution in [0.4, 0.5) is 0 Å². The Labute approximate surface area is 191 Å². The maximum absolute atomic E-state index is 12.6. The third-order valence-corrected chi connectivity index (χ3v) is 4.96. The Morgan fingerprint density at radius 1 is 0.806 bits per heavy atom. The highest BCUT2D eigenvalue weighted by Crippen LogP contribution is 2.04. The zero-order chi connectivity index (χ0) is 24.0. The van der Waals surface area contributed by atoms with Gasteiger partial charge in [0.15, 0.2) is 0 Å². The molecule has 0 radical (unpaired) electrons. The number of amides is 4. The Kier molecular flexibility index (Phi) is 14.7. The SMILES string of the molecule is NCCCCC(NC(=O)C(CS)NC(=O)C(N)CCC(N)=O)C(=O)NC(CS)C(=O)O. The first-order valence-electron chi connectivity index (χ1n) is 9.66. The molecule has 12 nitrogen and oxygen atoms in total. The summed E-state index contributed by atoms with van der Waals surface area (Å²) >= 11 is 7.93. The summed E-state index contributed by atoms with van der Waals surface area (Å²) < 4.78 is 0. The molecule has 0 aliphatic heterocycles. The van der Waals surface area contributed by atoms with Crippen LogP contribution in [0.5, 0.6) is 0 Å². The Balaban J connectivity index is 5.12. The molecule has 0 aliphatic rings. The topological polar surface area (TPSA) is 220 Å². The number of carboxylic acid groups (broad SMARTS) is 1. The molecule has 4 atom stereocenters. The molecule has 0 aromatic carbocycles. The lowest BCUT2D eigenvalue weighted by Crippen LogP contribution is -2.57. The molecule has 0 spiro atoms. The van der Waals surface area contributed by atoms with Crippen LogP contribution in [0.2, 0.25) is 0 Å². The molecule has 0 bridgehead atoms. The van der Waals surface area contributed by atoms with Gasteiger partial charge in [0, 0.05) is 17.9 Å². The zero-order valence-electron chi connectivity index (χ0n) is 17.1. The number of carbonyl (C=O) groups is 5. The quantitative estimate of drug-likeness (QED) is 0.0822. The molecule has 4 amide bonds. The first kappa shape index (κ1) is 29.0. The number of carbonyl (C=O) groups excluding carboxylic acids is 4. The molecule has 31 heavy (non-hydrogen) atoms. The number of thiol groups is 2. The highest BCUT2D eigenvalue weighted by atomic mass is 32.1. The lowest BCUT2D eigenvalue weighted by Gasteiger charge is -2.24. The van der Waals surface area contributed by atoms with Crippen molar-refractivity contribution in [1.82, 2.24) is 16.0 Å². The molecular weight excluding hydrogens is 448 g/mol. The van der Waals surface area contributed by atoms with E-state index >= 15 is 0 Å². The predicted octanol–water partition coefficient (Wildman–Crippen LogP) is -2.89. The summed E-state index contributed by atoms with van der Waals surface area (Å²) in [5, 5.41) is 16.3. The number of hydrogen-bond acceptors (Lipinski definition) is 9. The van der Waals surface area contributed by atoms with E-state index in [1.807, 2.05) is 0 Å². The van der Waals surface area contributed by atoms with Gasteiger partial charge >= 0.3 is 5.97 Å². The van der Waals surface area contributed by atoms with Gasteiger partial charge in [-0.15, -0.1) is 0 Å². The third-order valence-electron chi connectivity index (χ3n) is 4.23. The van der Waals surface area contributed by atoms with Gasteiger partial charge in [0.1, 0.15) is 18.1 Å². The lowest BCUT2D eigenvalue weighted by molar-refractivity contribution is -0.141. The first-order chi connectivity index (χ1) is 14.6. The Morgan fingerprint density at radius 2 is 1.32 bits per heavy atom. The second-order valence-corrected chi connectivity index (χ2v) is 7.51. The monoisotopic (exact) mass is 480 g/mol. The van der Waals surface area contributed by atoms with Crippen LogP contribution >= 0.6 is 25.3 Å². The Bertz CT molecular complexity index is 638. The van der Waals surface area contributed by atoms with Gasteiger partial charge in [-0.25, -0.2) is 4.79 Å². The Morgan fingerprint density at radius 3 is 1.81 bits per heavy atom. The molecule has 0 aromatic heterocycles. The van der Waals surface area contributed by atoms with Crippen molar-refractivity contribution in [2.45, 2.75) is 56.3 Å². The van der Waals surface area contributed by atoms with Gasteiger partial charge in [0.2, 0.25) is 23.6 Å². The number of primary amides is 1. The minimum absolute atomic E-state index is 0.00645. The van der Waals surface area contributed by atoms with E-state index in [2.05, 4.69) is 41.2 Å². The summed E-state index contributed by atoms with van der Waals surface area (Å²) in [5.41, 5.74) is 16.2. The number of unbranched alkanes of at least 4 members (excludes halogenated alkanes) is 1. The van der Waals surface area contributed by atoms with Gasteiger partial charge in [-0.3, -0.25) is 19.2 Å². The highest BCUT2D eigenvalue weighted by Gasteiger charge is 2.29. The van der Waals surface area contributed by atoms with Crippen LogP contribution in [0, 0.1) is 0 Å². The summed E-state index contributed by atoms with van der Waals surface area (Å²) in [6, 6.07) is -4.45. The van der Waals surface area contributed by atoms with Crippen molar-refractivity contribution in [1.29, 1.82) is 0 Å². The van der Waals surface area contributed by atoms with Gasteiger partial charge in [0.25, 0.3) is 0 Å². The molecule has 0 aliphatic carbocycles. The molecular formula is C17H32N6O6S2. The number of carboxylic acids is 1. The molecule has 0 rings (SSSR count). The van der Waals surface area contributed by atoms with Crippen LogP contribution in [-0.2, 0) is 24.0 Å². The second kappa shape index (κ2) is 15.7. The zero-order valence-corrected chi connectivity index (χ0v) is 18.9. The van der Waals surface area contributed by atoms with Crippen molar-refractivity contribution < 1.29 is 29.1 Å². The van der Waals surface area contributed by atoms with Crippen LogP contribution in [0.15, 0.2) is 0 Å². The van der Waals surface area contributed by atoms with E-state index in [4.69, 9.17) is 22.3 Å². The van der Waals surface area contributed by atoms with Crippen LogP contribution in [0.3, 0.4) is 0 Å². The largest absolute Gasteiger partial charge is 0.480 e. The van der Waals surface area contributed by atoms with Crippen molar-refractivity contribution >= 4 is 54.9 Å².